The number of rotatable bonds is 19. The van der Waals surface area contributed by atoms with Gasteiger partial charge in [0.25, 0.3) is 5.91 Å². The molecule has 2 heterocycles. The molecule has 1 aliphatic rings. The highest BCUT2D eigenvalue weighted by Gasteiger charge is 2.41. The van der Waals surface area contributed by atoms with E-state index in [1.807, 2.05) is 71.9 Å². The summed E-state index contributed by atoms with van der Waals surface area (Å²) in [6, 6.07) is 2.50. The molecule has 3 N–H and O–H groups in total. The lowest BCUT2D eigenvalue weighted by atomic mass is 9.94. The van der Waals surface area contributed by atoms with Crippen LogP contribution < -0.4 is 20.8 Å². The molecule has 0 radical (unpaired) electrons. The summed E-state index contributed by atoms with van der Waals surface area (Å²) in [5.41, 5.74) is 1.42. The molecule has 17 nitrogen and oxygen atoms in total. The zero-order valence-electron chi connectivity index (χ0n) is 44.3. The fourth-order valence-electron chi connectivity index (χ4n) is 9.19. The number of hydrogen-bond acceptors (Lipinski definition) is 10. The van der Waals surface area contributed by atoms with E-state index < -0.39 is 83.8 Å². The highest BCUT2D eigenvalue weighted by atomic mass is 16.6. The summed E-state index contributed by atoms with van der Waals surface area (Å²) < 4.78 is 7.40. The quantitative estimate of drug-likeness (QED) is 0.141. The molecule has 3 rings (SSSR count). The molecule has 3 unspecified atom stereocenters. The van der Waals surface area contributed by atoms with Gasteiger partial charge in [-0.15, -0.1) is 0 Å². The van der Waals surface area contributed by atoms with E-state index in [1.165, 1.54) is 49.9 Å². The Bertz CT molecular complexity index is 2120. The second-order valence-corrected chi connectivity index (χ2v) is 20.5. The summed E-state index contributed by atoms with van der Waals surface area (Å²) in [5.74, 6) is -4.90. The van der Waals surface area contributed by atoms with Gasteiger partial charge in [0, 0.05) is 52.0 Å². The van der Waals surface area contributed by atoms with Gasteiger partial charge in [-0.1, -0.05) is 112 Å². The number of fused-ring (bicyclic) bond motifs is 1. The number of esters is 1. The molecular formula is C53H84N8O9. The number of benzene rings is 1. The third kappa shape index (κ3) is 16.5. The van der Waals surface area contributed by atoms with Crippen LogP contribution in [0.4, 0.5) is 0 Å². The smallest absolute Gasteiger partial charge is 0.329 e. The van der Waals surface area contributed by atoms with Gasteiger partial charge in [0.05, 0.1) is 11.6 Å². The summed E-state index contributed by atoms with van der Waals surface area (Å²) in [7, 11) is 5.96. The summed E-state index contributed by atoms with van der Waals surface area (Å²) in [4.78, 5) is 112. The van der Waals surface area contributed by atoms with Crippen molar-refractivity contribution in [1.82, 2.24) is 35.4 Å². The number of nitrogens with zero attached hydrogens (tertiary/aromatic N) is 5. The maximum Gasteiger partial charge on any atom is 0.329 e. The SMILES string of the molecule is CCCCC(C)C[C@@H]1NC(=O)[C@H](Cc2cn(OC)c3ccccc23)N(C)C(=O)[C@H](CC(C)C)NC(=O)[C@H](CC(C)C)N(C)C(=O)[C@@H](CC(C)CCCC)NC(=O)C(CCC#N)OC(=O)[C@H](C)N(C)C1=O. The van der Waals surface area contributed by atoms with Crippen molar-refractivity contribution in [2.75, 3.05) is 28.3 Å². The summed E-state index contributed by atoms with van der Waals surface area (Å²) in [6.07, 6.45) is 5.86. The molecular weight excluding hydrogens is 893 g/mol. The average molecular weight is 977 g/mol. The average Bonchev–Trinajstić information content (AvgIpc) is 3.68. The minimum atomic E-state index is -1.50. The van der Waals surface area contributed by atoms with E-state index in [-0.39, 0.29) is 68.6 Å². The highest BCUT2D eigenvalue weighted by molar-refractivity contribution is 5.98. The second kappa shape index (κ2) is 28.3. The third-order valence-electron chi connectivity index (χ3n) is 13.6. The number of unbranched alkanes of at least 4 members (excludes halogenated alkanes) is 2. The molecule has 9 atom stereocenters. The molecule has 0 aliphatic carbocycles. The number of ether oxygens (including phenoxy) is 1. The Hall–Kier alpha value is -5.66. The Morgan fingerprint density at radius 3 is 1.69 bits per heavy atom. The first-order chi connectivity index (χ1) is 33.1. The molecule has 390 valence electrons. The number of carbonyl (C=O) groups is 7. The highest BCUT2D eigenvalue weighted by Crippen LogP contribution is 2.26. The summed E-state index contributed by atoms with van der Waals surface area (Å²) in [5, 5.41) is 19.2. The standard InChI is InChI=1S/C53H84N8O9/c1-14-16-21-35(7)29-41-50(65)58(10)37(9)53(68)70-46(25-20-26-54)49(64)57-42(30-36(8)22-17-15-2)52(67)59(11)44(28-34(5)6)47(62)55-40(27-33(3)4)51(66)60(12)45(48(63)56-41)31-38-32-61(69-13)43-24-19-18-23-39(38)43/h18-19,23-24,32-37,40-42,44-46H,14-17,20-22,25,27-31H2,1-13H3,(H,55,62)(H,56,63)(H,57,64)/t35?,36?,37-,40-,41-,42+,44-,45-,46?/m0/s1. The van der Waals surface area contributed by atoms with Gasteiger partial charge < -0.3 is 40.2 Å². The van der Waals surface area contributed by atoms with Crippen LogP contribution in [0.15, 0.2) is 30.5 Å². The Morgan fingerprint density at radius 1 is 0.686 bits per heavy atom. The number of amides is 6. The second-order valence-electron chi connectivity index (χ2n) is 20.5. The number of carbonyl (C=O) groups excluding carboxylic acids is 7. The molecule has 1 fully saturated rings. The van der Waals surface area contributed by atoms with E-state index in [4.69, 9.17) is 9.57 Å². The van der Waals surface area contributed by atoms with E-state index in [2.05, 4.69) is 29.8 Å². The van der Waals surface area contributed by atoms with Crippen molar-refractivity contribution in [3.8, 4) is 6.07 Å². The Balaban J connectivity index is 2.33. The lowest BCUT2D eigenvalue weighted by Gasteiger charge is -2.35. The first-order valence-electron chi connectivity index (χ1n) is 25.5. The van der Waals surface area contributed by atoms with Crippen LogP contribution in [-0.4, -0.2) is 131 Å². The number of nitriles is 1. The first kappa shape index (κ1) is 58.7. The molecule has 2 aromatic rings. The molecule has 1 aromatic heterocycles. The van der Waals surface area contributed by atoms with Crippen LogP contribution in [-0.2, 0) is 44.7 Å². The molecule has 0 bridgehead atoms. The van der Waals surface area contributed by atoms with Gasteiger partial charge in [0.1, 0.15) is 43.4 Å². The van der Waals surface area contributed by atoms with Gasteiger partial charge in [-0.3, -0.25) is 28.8 Å². The summed E-state index contributed by atoms with van der Waals surface area (Å²) in [6.45, 7) is 17.2. The van der Waals surface area contributed by atoms with Crippen LogP contribution in [0.5, 0.6) is 0 Å². The van der Waals surface area contributed by atoms with E-state index in [9.17, 15) is 29.2 Å². The Labute approximate surface area is 417 Å². The summed E-state index contributed by atoms with van der Waals surface area (Å²) >= 11 is 0. The van der Waals surface area contributed by atoms with Crippen LogP contribution in [0.2, 0.25) is 0 Å². The van der Waals surface area contributed by atoms with E-state index in [0.29, 0.717) is 5.56 Å². The molecule has 1 aromatic carbocycles. The number of aromatic nitrogens is 1. The van der Waals surface area contributed by atoms with Crippen LogP contribution in [0.3, 0.4) is 0 Å². The fraction of sp³-hybridized carbons (Fsp3) is 0.698. The predicted octanol–water partition coefficient (Wildman–Crippen LogP) is 5.95. The van der Waals surface area contributed by atoms with Crippen molar-refractivity contribution in [3.05, 3.63) is 36.0 Å². The number of cyclic esters (lactones) is 1. The van der Waals surface area contributed by atoms with Crippen molar-refractivity contribution in [2.24, 2.45) is 23.7 Å². The molecule has 1 aliphatic heterocycles. The van der Waals surface area contributed by atoms with Crippen molar-refractivity contribution < 1.29 is 43.1 Å². The van der Waals surface area contributed by atoms with Crippen LogP contribution in [0, 0.1) is 35.0 Å². The Morgan fingerprint density at radius 2 is 1.17 bits per heavy atom. The molecule has 0 saturated carbocycles. The number of hydrogen-bond donors (Lipinski definition) is 3. The fourth-order valence-corrected chi connectivity index (χ4v) is 9.19. The number of likely N-dealkylation sites (N-methyl/N-ethyl adjacent to an activating group) is 3. The van der Waals surface area contributed by atoms with Gasteiger partial charge in [-0.2, -0.15) is 9.99 Å². The normalized spacial score (nSPS) is 23.9. The van der Waals surface area contributed by atoms with Gasteiger partial charge in [0.2, 0.25) is 29.5 Å². The lowest BCUT2D eigenvalue weighted by Crippen LogP contribution is -2.60. The monoisotopic (exact) mass is 977 g/mol. The van der Waals surface area contributed by atoms with Gasteiger partial charge in [-0.25, -0.2) is 4.79 Å². The topological polar surface area (TPSA) is 212 Å². The maximum absolute atomic E-state index is 15.1. The molecule has 17 heteroatoms. The molecule has 0 spiro atoms. The number of para-hydroxylation sites is 1. The zero-order chi connectivity index (χ0) is 52.4. The Kier molecular flexibility index (Phi) is 23.7. The van der Waals surface area contributed by atoms with Crippen LogP contribution in [0.25, 0.3) is 10.9 Å². The van der Waals surface area contributed by atoms with Gasteiger partial charge in [0.15, 0.2) is 6.10 Å². The van der Waals surface area contributed by atoms with Crippen molar-refractivity contribution in [2.45, 2.75) is 188 Å². The molecule has 70 heavy (non-hydrogen) atoms. The minimum Gasteiger partial charge on any atom is -0.451 e. The molecule has 6 amide bonds. The maximum atomic E-state index is 15.1. The lowest BCUT2D eigenvalue weighted by molar-refractivity contribution is -0.163. The first-order valence-corrected chi connectivity index (χ1v) is 25.5. The molecule has 1 saturated heterocycles. The van der Waals surface area contributed by atoms with Crippen molar-refractivity contribution in [1.29, 1.82) is 5.26 Å². The minimum absolute atomic E-state index is 0.00540. The van der Waals surface area contributed by atoms with Gasteiger partial charge in [-0.05, 0) is 67.9 Å². The van der Waals surface area contributed by atoms with E-state index in [0.717, 1.165) is 49.4 Å². The van der Waals surface area contributed by atoms with E-state index >= 15 is 9.59 Å². The third-order valence-corrected chi connectivity index (χ3v) is 13.6. The largest absolute Gasteiger partial charge is 0.451 e. The van der Waals surface area contributed by atoms with Crippen LogP contribution >= 0.6 is 0 Å². The number of nitrogens with one attached hydrogen (secondary N) is 3. The van der Waals surface area contributed by atoms with Crippen molar-refractivity contribution in [3.63, 3.8) is 0 Å². The van der Waals surface area contributed by atoms with Gasteiger partial charge >= 0.3 is 5.97 Å². The predicted molar refractivity (Wildman–Crippen MR) is 270 cm³/mol. The van der Waals surface area contributed by atoms with Crippen LogP contribution in [0.1, 0.15) is 145 Å². The van der Waals surface area contributed by atoms with Crippen molar-refractivity contribution >= 4 is 52.3 Å². The van der Waals surface area contributed by atoms with E-state index in [1.54, 1.807) is 10.9 Å². The zero-order valence-corrected chi connectivity index (χ0v) is 44.3.